The average molecular weight is 254 g/mol. The molecule has 0 aliphatic heterocycles. The van der Waals surface area contributed by atoms with Gasteiger partial charge in [0.25, 0.3) is 0 Å². The first-order valence-corrected chi connectivity index (χ1v) is 5.60. The first-order chi connectivity index (χ1) is 9.22. The number of hydrogen-bond donors (Lipinski definition) is 0. The van der Waals surface area contributed by atoms with Crippen molar-refractivity contribution in [2.75, 3.05) is 7.11 Å². The molecule has 19 heavy (non-hydrogen) atoms. The summed E-state index contributed by atoms with van der Waals surface area (Å²) in [4.78, 5) is 4.04. The maximum atomic E-state index is 13.1. The second kappa shape index (κ2) is 5.78. The molecular weight excluding hydrogens is 243 g/mol. The molecule has 0 aliphatic carbocycles. The smallest absolute Gasteiger partial charge is 0.212 e. The number of hydrogen-bond acceptors (Lipinski definition) is 3. The van der Waals surface area contributed by atoms with Gasteiger partial charge in [0.1, 0.15) is 5.82 Å². The second-order valence-electron chi connectivity index (χ2n) is 3.81. The standard InChI is InChI=1S/C15H11FN2O/c1-19-15-6-5-12(10-18-15)13(9-17)7-11-3-2-4-14(16)8-11/h2-8,10H,1H3. The topological polar surface area (TPSA) is 45.9 Å². The van der Waals surface area contributed by atoms with Gasteiger partial charge in [0, 0.05) is 17.8 Å². The predicted molar refractivity (Wildman–Crippen MR) is 70.7 cm³/mol. The highest BCUT2D eigenvalue weighted by Crippen LogP contribution is 2.19. The molecule has 0 aliphatic rings. The van der Waals surface area contributed by atoms with E-state index in [2.05, 4.69) is 11.1 Å². The van der Waals surface area contributed by atoms with Gasteiger partial charge in [0.05, 0.1) is 18.8 Å². The molecule has 0 atom stereocenters. The van der Waals surface area contributed by atoms with Crippen molar-refractivity contribution in [2.24, 2.45) is 0 Å². The van der Waals surface area contributed by atoms with Gasteiger partial charge in [-0.05, 0) is 29.8 Å². The molecule has 0 saturated carbocycles. The van der Waals surface area contributed by atoms with Crippen LogP contribution in [0.25, 0.3) is 11.6 Å². The highest BCUT2D eigenvalue weighted by molar-refractivity contribution is 5.89. The van der Waals surface area contributed by atoms with Crippen LogP contribution in [0, 0.1) is 17.1 Å². The molecule has 1 aromatic carbocycles. The lowest BCUT2D eigenvalue weighted by atomic mass is 10.1. The monoisotopic (exact) mass is 254 g/mol. The summed E-state index contributed by atoms with van der Waals surface area (Å²) in [5.74, 6) is 0.144. The fraction of sp³-hybridized carbons (Fsp3) is 0.0667. The number of allylic oxidation sites excluding steroid dienone is 1. The summed E-state index contributed by atoms with van der Waals surface area (Å²) in [6, 6.07) is 11.6. The first kappa shape index (κ1) is 12.8. The van der Waals surface area contributed by atoms with Crippen molar-refractivity contribution in [3.05, 3.63) is 59.5 Å². The Balaban J connectivity index is 2.36. The van der Waals surface area contributed by atoms with Gasteiger partial charge in [-0.3, -0.25) is 0 Å². The summed E-state index contributed by atoms with van der Waals surface area (Å²) in [7, 11) is 1.52. The van der Waals surface area contributed by atoms with E-state index in [9.17, 15) is 4.39 Å². The average Bonchev–Trinajstić information content (AvgIpc) is 2.45. The fourth-order valence-electron chi connectivity index (χ4n) is 1.60. The summed E-state index contributed by atoms with van der Waals surface area (Å²) in [6.45, 7) is 0. The number of nitriles is 1. The van der Waals surface area contributed by atoms with Crippen LogP contribution in [-0.2, 0) is 0 Å². The minimum Gasteiger partial charge on any atom is -0.481 e. The van der Waals surface area contributed by atoms with Crippen LogP contribution < -0.4 is 4.74 Å². The van der Waals surface area contributed by atoms with Gasteiger partial charge in [-0.25, -0.2) is 9.37 Å². The largest absolute Gasteiger partial charge is 0.481 e. The predicted octanol–water partition coefficient (Wildman–Crippen LogP) is 3.29. The van der Waals surface area contributed by atoms with Crippen LogP contribution in [0.15, 0.2) is 42.6 Å². The van der Waals surface area contributed by atoms with Crippen LogP contribution in [0.1, 0.15) is 11.1 Å². The molecule has 2 aromatic rings. The van der Waals surface area contributed by atoms with E-state index >= 15 is 0 Å². The molecule has 3 nitrogen and oxygen atoms in total. The van der Waals surface area contributed by atoms with E-state index in [1.165, 1.54) is 19.2 Å². The van der Waals surface area contributed by atoms with Gasteiger partial charge >= 0.3 is 0 Å². The Morgan fingerprint density at radius 2 is 2.21 bits per heavy atom. The fourth-order valence-corrected chi connectivity index (χ4v) is 1.60. The molecule has 1 heterocycles. The zero-order chi connectivity index (χ0) is 13.7. The van der Waals surface area contributed by atoms with E-state index in [1.807, 2.05) is 0 Å². The molecule has 0 bridgehead atoms. The molecule has 0 N–H and O–H groups in total. The Morgan fingerprint density at radius 3 is 2.79 bits per heavy atom. The third kappa shape index (κ3) is 3.17. The summed E-state index contributed by atoms with van der Waals surface area (Å²) in [6.07, 6.45) is 3.17. The molecule has 0 saturated heterocycles. The second-order valence-corrected chi connectivity index (χ2v) is 3.81. The quantitative estimate of drug-likeness (QED) is 0.789. The number of pyridine rings is 1. The molecule has 0 unspecified atom stereocenters. The highest BCUT2D eigenvalue weighted by atomic mass is 19.1. The van der Waals surface area contributed by atoms with E-state index in [-0.39, 0.29) is 5.82 Å². The SMILES string of the molecule is COc1ccc(C(C#N)=Cc2cccc(F)c2)cn1. The van der Waals surface area contributed by atoms with Gasteiger partial charge in [-0.2, -0.15) is 5.26 Å². The van der Waals surface area contributed by atoms with Crippen LogP contribution in [-0.4, -0.2) is 12.1 Å². The molecule has 2 rings (SSSR count). The lowest BCUT2D eigenvalue weighted by molar-refractivity contribution is 0.398. The van der Waals surface area contributed by atoms with Gasteiger partial charge in [0.15, 0.2) is 0 Å². The molecule has 0 radical (unpaired) electrons. The van der Waals surface area contributed by atoms with Gasteiger partial charge < -0.3 is 4.74 Å². The van der Waals surface area contributed by atoms with Crippen molar-refractivity contribution in [2.45, 2.75) is 0 Å². The lowest BCUT2D eigenvalue weighted by Gasteiger charge is -2.01. The minimum absolute atomic E-state index is 0.334. The third-order valence-electron chi connectivity index (χ3n) is 2.54. The Morgan fingerprint density at radius 1 is 1.37 bits per heavy atom. The number of rotatable bonds is 3. The van der Waals surface area contributed by atoms with Gasteiger partial charge in [-0.15, -0.1) is 0 Å². The molecule has 0 spiro atoms. The van der Waals surface area contributed by atoms with Crippen molar-refractivity contribution in [1.29, 1.82) is 5.26 Å². The molecule has 94 valence electrons. The van der Waals surface area contributed by atoms with E-state index < -0.39 is 0 Å². The summed E-state index contributed by atoms with van der Waals surface area (Å²) < 4.78 is 18.0. The zero-order valence-corrected chi connectivity index (χ0v) is 10.3. The van der Waals surface area contributed by atoms with Crippen LogP contribution in [0.5, 0.6) is 5.88 Å². The molecular formula is C15H11FN2O. The zero-order valence-electron chi connectivity index (χ0n) is 10.3. The van der Waals surface area contributed by atoms with E-state index in [0.29, 0.717) is 22.6 Å². The Bertz CT molecular complexity index is 642. The normalized spacial score (nSPS) is 10.9. The lowest BCUT2D eigenvalue weighted by Crippen LogP contribution is -1.89. The maximum absolute atomic E-state index is 13.1. The number of benzene rings is 1. The Hall–Kier alpha value is -2.67. The Kier molecular flexibility index (Phi) is 3.89. The minimum atomic E-state index is -0.334. The number of nitrogens with zero attached hydrogens (tertiary/aromatic N) is 2. The molecule has 4 heteroatoms. The summed E-state index contributed by atoms with van der Waals surface area (Å²) >= 11 is 0. The highest BCUT2D eigenvalue weighted by Gasteiger charge is 2.03. The van der Waals surface area contributed by atoms with Crippen LogP contribution in [0.2, 0.25) is 0 Å². The first-order valence-electron chi connectivity index (χ1n) is 5.60. The number of halogens is 1. The van der Waals surface area contributed by atoms with E-state index in [0.717, 1.165) is 0 Å². The molecule has 1 aromatic heterocycles. The molecule has 0 fully saturated rings. The van der Waals surface area contributed by atoms with Gasteiger partial charge in [-0.1, -0.05) is 12.1 Å². The van der Waals surface area contributed by atoms with Crippen molar-refractivity contribution in [1.82, 2.24) is 4.98 Å². The van der Waals surface area contributed by atoms with Gasteiger partial charge in [0.2, 0.25) is 5.88 Å². The molecule has 0 amide bonds. The van der Waals surface area contributed by atoms with E-state index in [1.54, 1.807) is 36.5 Å². The van der Waals surface area contributed by atoms with Crippen LogP contribution in [0.4, 0.5) is 4.39 Å². The number of aromatic nitrogens is 1. The van der Waals surface area contributed by atoms with Crippen molar-refractivity contribution in [3.63, 3.8) is 0 Å². The number of methoxy groups -OCH3 is 1. The van der Waals surface area contributed by atoms with Crippen LogP contribution >= 0.6 is 0 Å². The maximum Gasteiger partial charge on any atom is 0.212 e. The Labute approximate surface area is 110 Å². The van der Waals surface area contributed by atoms with Crippen molar-refractivity contribution in [3.8, 4) is 11.9 Å². The van der Waals surface area contributed by atoms with Crippen LogP contribution in [0.3, 0.4) is 0 Å². The summed E-state index contributed by atoms with van der Waals surface area (Å²) in [5, 5.41) is 9.17. The van der Waals surface area contributed by atoms with E-state index in [4.69, 9.17) is 10.00 Å². The van der Waals surface area contributed by atoms with Crippen molar-refractivity contribution >= 4 is 11.6 Å². The summed E-state index contributed by atoms with van der Waals surface area (Å²) in [5.41, 5.74) is 1.71. The van der Waals surface area contributed by atoms with Crippen molar-refractivity contribution < 1.29 is 9.13 Å². The number of ether oxygens (including phenoxy) is 1. The third-order valence-corrected chi connectivity index (χ3v) is 2.54.